The second-order valence-electron chi connectivity index (χ2n) is 8.26. The Morgan fingerprint density at radius 3 is 2.47 bits per heavy atom. The third kappa shape index (κ3) is 4.62. The first-order valence-electron chi connectivity index (χ1n) is 10.9. The molecule has 0 amide bonds. The van der Waals surface area contributed by atoms with E-state index in [1.165, 1.54) is 16.2 Å². The summed E-state index contributed by atoms with van der Waals surface area (Å²) in [5.41, 5.74) is 4.50. The maximum atomic E-state index is 13.1. The molecular formula is C25H32N4O+2. The van der Waals surface area contributed by atoms with Gasteiger partial charge in [-0.1, -0.05) is 36.4 Å². The van der Waals surface area contributed by atoms with Gasteiger partial charge in [-0.25, -0.2) is 4.98 Å². The highest BCUT2D eigenvalue weighted by molar-refractivity contribution is 5.98. The van der Waals surface area contributed by atoms with Gasteiger partial charge < -0.3 is 9.47 Å². The Labute approximate surface area is 179 Å². The van der Waals surface area contributed by atoms with Crippen molar-refractivity contribution in [1.29, 1.82) is 0 Å². The standard InChI is InChI=1S/C25H30N4O/c1-20-18-23(21(2)29(20)13-11-22-8-4-3-5-9-22)24(30)19-27-14-16-28(17-15-27)25-10-6-7-12-26-25/h3-10,12,18H,11,13-17,19H2,1-2H3/p+2. The molecule has 0 unspecified atom stereocenters. The molecule has 1 aromatic carbocycles. The van der Waals surface area contributed by atoms with Gasteiger partial charge in [-0.05, 0) is 38.0 Å². The van der Waals surface area contributed by atoms with Gasteiger partial charge in [0.25, 0.3) is 5.82 Å². The number of piperazine rings is 1. The van der Waals surface area contributed by atoms with E-state index in [4.69, 9.17) is 0 Å². The molecule has 0 atom stereocenters. The number of carbonyl (C=O) groups excluding carboxylic acids is 1. The van der Waals surface area contributed by atoms with Crippen molar-refractivity contribution in [3.8, 4) is 0 Å². The van der Waals surface area contributed by atoms with Gasteiger partial charge in [-0.15, -0.1) is 0 Å². The van der Waals surface area contributed by atoms with E-state index < -0.39 is 0 Å². The number of rotatable bonds is 7. The van der Waals surface area contributed by atoms with Gasteiger partial charge in [0.2, 0.25) is 5.78 Å². The van der Waals surface area contributed by atoms with E-state index in [1.807, 2.05) is 18.3 Å². The highest BCUT2D eigenvalue weighted by Crippen LogP contribution is 2.16. The fourth-order valence-electron chi connectivity index (χ4n) is 4.46. The lowest BCUT2D eigenvalue weighted by molar-refractivity contribution is -0.892. The summed E-state index contributed by atoms with van der Waals surface area (Å²) in [5.74, 6) is 1.42. The molecule has 0 saturated carbocycles. The van der Waals surface area contributed by atoms with Crippen LogP contribution in [0.3, 0.4) is 0 Å². The second-order valence-corrected chi connectivity index (χ2v) is 8.26. The van der Waals surface area contributed by atoms with E-state index in [0.29, 0.717) is 6.54 Å². The molecule has 5 heteroatoms. The maximum absolute atomic E-state index is 13.1. The molecule has 0 aliphatic carbocycles. The minimum atomic E-state index is 0.267. The number of pyridine rings is 1. The van der Waals surface area contributed by atoms with Gasteiger partial charge in [0, 0.05) is 29.6 Å². The number of Topliss-reactive ketones (excluding diaryl/α,β-unsaturated/α-hetero) is 1. The number of carbonyl (C=O) groups is 1. The Balaban J connectivity index is 1.35. The molecular weight excluding hydrogens is 372 g/mol. The molecule has 1 fully saturated rings. The topological polar surface area (TPSA) is 43.8 Å². The number of anilines is 1. The van der Waals surface area contributed by atoms with Crippen LogP contribution in [-0.2, 0) is 13.0 Å². The Hall–Kier alpha value is -2.92. The fraction of sp³-hybridized carbons (Fsp3) is 0.360. The summed E-state index contributed by atoms with van der Waals surface area (Å²) in [4.78, 5) is 20.1. The number of quaternary nitrogens is 1. The lowest BCUT2D eigenvalue weighted by atomic mass is 10.1. The summed E-state index contributed by atoms with van der Waals surface area (Å²) in [7, 11) is 0. The SMILES string of the molecule is Cc1cc(C(=O)C[NH+]2CCN(c3cccc[nH+]3)CC2)c(C)n1CCc1ccccc1. The van der Waals surface area contributed by atoms with E-state index in [1.54, 1.807) is 0 Å². The number of nitrogens with zero attached hydrogens (tertiary/aromatic N) is 2. The number of aromatic amines is 1. The van der Waals surface area contributed by atoms with Crippen molar-refractivity contribution in [3.05, 3.63) is 83.3 Å². The zero-order valence-electron chi connectivity index (χ0n) is 18.0. The van der Waals surface area contributed by atoms with Gasteiger partial charge in [-0.2, -0.15) is 0 Å². The summed E-state index contributed by atoms with van der Waals surface area (Å²) < 4.78 is 2.29. The quantitative estimate of drug-likeness (QED) is 0.610. The van der Waals surface area contributed by atoms with Gasteiger partial charge in [0.15, 0.2) is 0 Å². The normalized spacial score (nSPS) is 14.8. The van der Waals surface area contributed by atoms with E-state index >= 15 is 0 Å². The number of hydrogen-bond acceptors (Lipinski definition) is 2. The average molecular weight is 405 g/mol. The Morgan fingerprint density at radius 1 is 1.03 bits per heavy atom. The lowest BCUT2D eigenvalue weighted by Crippen LogP contribution is -3.15. The summed E-state index contributed by atoms with van der Waals surface area (Å²) in [5, 5.41) is 0. The molecule has 3 aromatic rings. The van der Waals surface area contributed by atoms with Crippen LogP contribution < -0.4 is 14.8 Å². The van der Waals surface area contributed by atoms with Crippen LogP contribution in [0, 0.1) is 13.8 Å². The van der Waals surface area contributed by atoms with Crippen molar-refractivity contribution in [2.45, 2.75) is 26.8 Å². The monoisotopic (exact) mass is 404 g/mol. The fourth-order valence-corrected chi connectivity index (χ4v) is 4.46. The summed E-state index contributed by atoms with van der Waals surface area (Å²) in [6.07, 6.45) is 2.94. The number of aryl methyl sites for hydroxylation is 2. The first-order chi connectivity index (χ1) is 14.6. The van der Waals surface area contributed by atoms with Gasteiger partial charge in [-0.3, -0.25) is 9.69 Å². The molecule has 1 saturated heterocycles. The average Bonchev–Trinajstić information content (AvgIpc) is 3.07. The van der Waals surface area contributed by atoms with Crippen molar-refractivity contribution in [2.75, 3.05) is 37.6 Å². The number of benzene rings is 1. The van der Waals surface area contributed by atoms with Crippen LogP contribution in [0.15, 0.2) is 60.8 Å². The number of nitrogens with one attached hydrogen (secondary N) is 2. The van der Waals surface area contributed by atoms with Gasteiger partial charge >= 0.3 is 0 Å². The largest absolute Gasteiger partial charge is 0.348 e. The maximum Gasteiger partial charge on any atom is 0.274 e. The number of ketones is 1. The molecule has 2 N–H and O–H groups in total. The van der Waals surface area contributed by atoms with Crippen molar-refractivity contribution in [1.82, 2.24) is 4.57 Å². The molecule has 4 rings (SSSR count). The molecule has 1 aliphatic rings. The molecule has 30 heavy (non-hydrogen) atoms. The highest BCUT2D eigenvalue weighted by atomic mass is 16.1. The van der Waals surface area contributed by atoms with Crippen molar-refractivity contribution >= 4 is 11.6 Å². The number of H-pyrrole nitrogens is 1. The van der Waals surface area contributed by atoms with E-state index in [2.05, 4.69) is 70.8 Å². The van der Waals surface area contributed by atoms with Crippen LogP contribution in [0.1, 0.15) is 27.3 Å². The first-order valence-corrected chi connectivity index (χ1v) is 10.9. The lowest BCUT2D eigenvalue weighted by Gasteiger charge is -2.27. The Kier molecular flexibility index (Phi) is 6.29. The minimum Gasteiger partial charge on any atom is -0.348 e. The third-order valence-corrected chi connectivity index (χ3v) is 6.26. The van der Waals surface area contributed by atoms with Crippen LogP contribution >= 0.6 is 0 Å². The summed E-state index contributed by atoms with van der Waals surface area (Å²) >= 11 is 0. The molecule has 2 aromatic heterocycles. The predicted octanol–water partition coefficient (Wildman–Crippen LogP) is 1.75. The molecule has 5 nitrogen and oxygen atoms in total. The van der Waals surface area contributed by atoms with Crippen LogP contribution in [0.2, 0.25) is 0 Å². The minimum absolute atomic E-state index is 0.267. The molecule has 1 aliphatic heterocycles. The van der Waals surface area contributed by atoms with E-state index in [-0.39, 0.29) is 5.78 Å². The summed E-state index contributed by atoms with van der Waals surface area (Å²) in [6, 6.07) is 18.8. The Bertz CT molecular complexity index is 973. The van der Waals surface area contributed by atoms with E-state index in [9.17, 15) is 4.79 Å². The smallest absolute Gasteiger partial charge is 0.274 e. The second kappa shape index (κ2) is 9.26. The third-order valence-electron chi connectivity index (χ3n) is 6.26. The van der Waals surface area contributed by atoms with Crippen molar-refractivity contribution < 1.29 is 14.7 Å². The number of aromatic nitrogens is 2. The predicted molar refractivity (Wildman–Crippen MR) is 119 cm³/mol. The first kappa shape index (κ1) is 20.4. The van der Waals surface area contributed by atoms with Crippen LogP contribution in [0.25, 0.3) is 0 Å². The highest BCUT2D eigenvalue weighted by Gasteiger charge is 2.28. The van der Waals surface area contributed by atoms with Crippen molar-refractivity contribution in [2.24, 2.45) is 0 Å². The zero-order chi connectivity index (χ0) is 20.9. The van der Waals surface area contributed by atoms with Crippen LogP contribution in [0.4, 0.5) is 5.82 Å². The molecule has 0 radical (unpaired) electrons. The Morgan fingerprint density at radius 2 is 1.77 bits per heavy atom. The van der Waals surface area contributed by atoms with Gasteiger partial charge in [0.1, 0.15) is 32.7 Å². The molecule has 0 bridgehead atoms. The van der Waals surface area contributed by atoms with Gasteiger partial charge in [0.05, 0.1) is 6.20 Å². The number of hydrogen-bond donors (Lipinski definition) is 1. The van der Waals surface area contributed by atoms with Crippen molar-refractivity contribution in [3.63, 3.8) is 0 Å². The zero-order valence-corrected chi connectivity index (χ0v) is 18.0. The molecule has 0 spiro atoms. The molecule has 3 heterocycles. The van der Waals surface area contributed by atoms with Crippen LogP contribution in [0.5, 0.6) is 0 Å². The summed E-state index contributed by atoms with van der Waals surface area (Å²) in [6.45, 7) is 9.60. The molecule has 156 valence electrons. The van der Waals surface area contributed by atoms with Crippen LogP contribution in [-0.4, -0.2) is 43.1 Å². The van der Waals surface area contributed by atoms with E-state index in [0.717, 1.165) is 56.2 Å².